The highest BCUT2D eigenvalue weighted by molar-refractivity contribution is 5.97. The maximum atomic E-state index is 14.0. The fourth-order valence-electron chi connectivity index (χ4n) is 3.09. The molecule has 154 valence electrons. The number of carbonyl (C=O) groups excluding carboxylic acids is 1. The van der Waals surface area contributed by atoms with Gasteiger partial charge < -0.3 is 20.9 Å². The SMILES string of the molecule is CC(C)(O)Cn1cc(-c2ccc(O[C@@H]3CCNC[C@H]3F)c(C(N)=O)c2)cn1.Cl. The molecule has 1 amide bonds. The lowest BCUT2D eigenvalue weighted by molar-refractivity contribution is 0.0577. The summed E-state index contributed by atoms with van der Waals surface area (Å²) in [6.07, 6.45) is 2.20. The van der Waals surface area contributed by atoms with Gasteiger partial charge in [0.25, 0.3) is 5.91 Å². The molecule has 4 N–H and O–H groups in total. The molecule has 3 rings (SSSR count). The number of nitrogens with zero attached hydrogens (tertiary/aromatic N) is 2. The molecule has 1 aliphatic rings. The van der Waals surface area contributed by atoms with E-state index in [1.54, 1.807) is 49.1 Å². The Morgan fingerprint density at radius 2 is 2.21 bits per heavy atom. The number of hydrogen-bond donors (Lipinski definition) is 3. The zero-order valence-corrected chi connectivity index (χ0v) is 16.7. The maximum Gasteiger partial charge on any atom is 0.252 e. The van der Waals surface area contributed by atoms with Crippen molar-refractivity contribution in [3.63, 3.8) is 0 Å². The molecule has 0 saturated carbocycles. The predicted octanol–water partition coefficient (Wildman–Crippen LogP) is 1.92. The molecule has 0 radical (unpaired) electrons. The maximum absolute atomic E-state index is 14.0. The van der Waals surface area contributed by atoms with Crippen LogP contribution in [-0.4, -0.2) is 51.8 Å². The molecule has 2 atom stereocenters. The highest BCUT2D eigenvalue weighted by atomic mass is 35.5. The van der Waals surface area contributed by atoms with Gasteiger partial charge in [0.2, 0.25) is 0 Å². The monoisotopic (exact) mass is 412 g/mol. The molecule has 1 aromatic heterocycles. The van der Waals surface area contributed by atoms with Crippen LogP contribution in [0.3, 0.4) is 0 Å². The molecule has 1 saturated heterocycles. The standard InChI is InChI=1S/C19H25FN4O3.ClH/c1-19(2,26)11-24-10-13(8-23-24)12-3-4-16(14(7-12)18(21)25)27-17-5-6-22-9-15(17)20;/h3-4,7-8,10,15,17,22,26H,5-6,9,11H2,1-2H3,(H2,21,25);1H/t15-,17-;/m1./s1. The molecular formula is C19H26ClFN4O3. The molecule has 0 bridgehead atoms. The third kappa shape index (κ3) is 5.43. The Balaban J connectivity index is 0.00000280. The Labute approximate surface area is 169 Å². The van der Waals surface area contributed by atoms with Crippen LogP contribution < -0.4 is 15.8 Å². The molecule has 1 aromatic carbocycles. The van der Waals surface area contributed by atoms with Crippen molar-refractivity contribution in [2.45, 2.75) is 44.7 Å². The van der Waals surface area contributed by atoms with Gasteiger partial charge in [-0.05, 0) is 44.5 Å². The minimum absolute atomic E-state index is 0. The van der Waals surface area contributed by atoms with Gasteiger partial charge in [-0.15, -0.1) is 12.4 Å². The van der Waals surface area contributed by atoms with Crippen LogP contribution in [0.15, 0.2) is 30.6 Å². The van der Waals surface area contributed by atoms with Crippen molar-refractivity contribution in [2.24, 2.45) is 5.73 Å². The molecule has 1 aliphatic heterocycles. The van der Waals surface area contributed by atoms with Crippen molar-refractivity contribution in [1.29, 1.82) is 0 Å². The number of nitrogens with two attached hydrogens (primary N) is 1. The van der Waals surface area contributed by atoms with Crippen LogP contribution in [0.2, 0.25) is 0 Å². The van der Waals surface area contributed by atoms with E-state index in [-0.39, 0.29) is 30.3 Å². The second-order valence-electron chi connectivity index (χ2n) is 7.48. The van der Waals surface area contributed by atoms with E-state index < -0.39 is 23.8 Å². The van der Waals surface area contributed by atoms with E-state index in [4.69, 9.17) is 10.5 Å². The Kier molecular flexibility index (Phi) is 7.03. The van der Waals surface area contributed by atoms with Crippen molar-refractivity contribution in [1.82, 2.24) is 15.1 Å². The van der Waals surface area contributed by atoms with Gasteiger partial charge in [0.05, 0.1) is 23.9 Å². The average Bonchev–Trinajstić information content (AvgIpc) is 3.03. The van der Waals surface area contributed by atoms with Crippen molar-refractivity contribution >= 4 is 18.3 Å². The summed E-state index contributed by atoms with van der Waals surface area (Å²) in [5, 5.41) is 17.1. The second-order valence-corrected chi connectivity index (χ2v) is 7.48. The number of aliphatic hydroxyl groups is 1. The number of amides is 1. The van der Waals surface area contributed by atoms with Gasteiger partial charge in [-0.25, -0.2) is 4.39 Å². The lowest BCUT2D eigenvalue weighted by Gasteiger charge is -2.28. The molecule has 2 heterocycles. The minimum atomic E-state index is -1.14. The highest BCUT2D eigenvalue weighted by Crippen LogP contribution is 2.29. The number of halogens is 2. The van der Waals surface area contributed by atoms with Crippen LogP contribution in [-0.2, 0) is 6.54 Å². The summed E-state index contributed by atoms with van der Waals surface area (Å²) in [6.45, 7) is 4.63. The fraction of sp³-hybridized carbons (Fsp3) is 0.474. The highest BCUT2D eigenvalue weighted by Gasteiger charge is 2.27. The van der Waals surface area contributed by atoms with Crippen molar-refractivity contribution in [3.8, 4) is 16.9 Å². The van der Waals surface area contributed by atoms with Crippen LogP contribution in [0.4, 0.5) is 4.39 Å². The van der Waals surface area contributed by atoms with Crippen molar-refractivity contribution < 1.29 is 19.0 Å². The molecule has 28 heavy (non-hydrogen) atoms. The van der Waals surface area contributed by atoms with Crippen LogP contribution >= 0.6 is 12.4 Å². The molecule has 0 spiro atoms. The number of alkyl halides is 1. The third-order valence-electron chi connectivity index (χ3n) is 4.39. The van der Waals surface area contributed by atoms with Crippen LogP contribution in [0.5, 0.6) is 5.75 Å². The average molecular weight is 413 g/mol. The number of carbonyl (C=O) groups is 1. The molecule has 0 unspecified atom stereocenters. The Morgan fingerprint density at radius 1 is 1.46 bits per heavy atom. The van der Waals surface area contributed by atoms with E-state index in [1.807, 2.05) is 0 Å². The smallest absolute Gasteiger partial charge is 0.252 e. The van der Waals surface area contributed by atoms with Gasteiger partial charge in [0, 0.05) is 18.3 Å². The largest absolute Gasteiger partial charge is 0.486 e. The normalized spacial score (nSPS) is 19.7. The summed E-state index contributed by atoms with van der Waals surface area (Å²) in [7, 11) is 0. The summed E-state index contributed by atoms with van der Waals surface area (Å²) in [4.78, 5) is 11.9. The van der Waals surface area contributed by atoms with Crippen molar-refractivity contribution in [3.05, 3.63) is 36.2 Å². The third-order valence-corrected chi connectivity index (χ3v) is 4.39. The van der Waals surface area contributed by atoms with E-state index in [0.29, 0.717) is 19.5 Å². The van der Waals surface area contributed by atoms with E-state index in [9.17, 15) is 14.3 Å². The van der Waals surface area contributed by atoms with Gasteiger partial charge >= 0.3 is 0 Å². The molecule has 7 nitrogen and oxygen atoms in total. The summed E-state index contributed by atoms with van der Waals surface area (Å²) < 4.78 is 21.4. The minimum Gasteiger partial charge on any atom is -0.486 e. The number of rotatable bonds is 6. The summed E-state index contributed by atoms with van der Waals surface area (Å²) in [6, 6.07) is 5.04. The van der Waals surface area contributed by atoms with Gasteiger partial charge in [-0.3, -0.25) is 9.48 Å². The molecule has 0 aliphatic carbocycles. The molecule has 2 aromatic rings. The Bertz CT molecular complexity index is 822. The fourth-order valence-corrected chi connectivity index (χ4v) is 3.09. The predicted molar refractivity (Wildman–Crippen MR) is 107 cm³/mol. The van der Waals surface area contributed by atoms with Gasteiger partial charge in [-0.1, -0.05) is 6.07 Å². The lowest BCUT2D eigenvalue weighted by Crippen LogP contribution is -2.44. The summed E-state index contributed by atoms with van der Waals surface area (Å²) in [5.41, 5.74) is 6.33. The zero-order chi connectivity index (χ0) is 19.6. The van der Waals surface area contributed by atoms with E-state index in [0.717, 1.165) is 11.1 Å². The van der Waals surface area contributed by atoms with E-state index in [1.165, 1.54) is 0 Å². The first-order valence-electron chi connectivity index (χ1n) is 8.93. The van der Waals surface area contributed by atoms with E-state index in [2.05, 4.69) is 10.4 Å². The quantitative estimate of drug-likeness (QED) is 0.672. The number of benzene rings is 1. The van der Waals surface area contributed by atoms with Gasteiger partial charge in [-0.2, -0.15) is 5.10 Å². The molecule has 9 heteroatoms. The number of primary amides is 1. The number of hydrogen-bond acceptors (Lipinski definition) is 5. The topological polar surface area (TPSA) is 102 Å². The number of piperidine rings is 1. The number of nitrogens with one attached hydrogen (secondary N) is 1. The zero-order valence-electron chi connectivity index (χ0n) is 15.9. The van der Waals surface area contributed by atoms with Crippen LogP contribution in [0.1, 0.15) is 30.6 Å². The van der Waals surface area contributed by atoms with Crippen molar-refractivity contribution in [2.75, 3.05) is 13.1 Å². The molecule has 1 fully saturated rings. The first-order chi connectivity index (χ1) is 12.7. The second kappa shape index (κ2) is 8.89. The summed E-state index contributed by atoms with van der Waals surface area (Å²) >= 11 is 0. The Morgan fingerprint density at radius 3 is 2.86 bits per heavy atom. The first-order valence-corrected chi connectivity index (χ1v) is 8.93. The number of ether oxygens (including phenoxy) is 1. The number of aromatic nitrogens is 2. The lowest BCUT2D eigenvalue weighted by atomic mass is 10.0. The molecular weight excluding hydrogens is 387 g/mol. The Hall–Kier alpha value is -2.16. The summed E-state index contributed by atoms with van der Waals surface area (Å²) in [5.74, 6) is -0.357. The van der Waals surface area contributed by atoms with Crippen LogP contribution in [0.25, 0.3) is 11.1 Å². The van der Waals surface area contributed by atoms with Gasteiger partial charge in [0.15, 0.2) is 0 Å². The van der Waals surface area contributed by atoms with Gasteiger partial charge in [0.1, 0.15) is 18.0 Å². The van der Waals surface area contributed by atoms with E-state index >= 15 is 0 Å². The first kappa shape index (κ1) is 22.1. The van der Waals surface area contributed by atoms with Crippen LogP contribution in [0, 0.1) is 0 Å².